The second kappa shape index (κ2) is 9.48. The molecule has 9 nitrogen and oxygen atoms in total. The average Bonchev–Trinajstić information content (AvgIpc) is 3.31. The number of aryl methyl sites for hydroxylation is 2. The van der Waals surface area contributed by atoms with E-state index >= 15 is 0 Å². The van der Waals surface area contributed by atoms with E-state index in [2.05, 4.69) is 20.1 Å². The number of anilines is 1. The maximum atomic E-state index is 13.0. The van der Waals surface area contributed by atoms with Crippen molar-refractivity contribution in [3.05, 3.63) is 48.0 Å². The van der Waals surface area contributed by atoms with E-state index in [-0.39, 0.29) is 16.5 Å². The Kier molecular flexibility index (Phi) is 6.66. The lowest BCUT2D eigenvalue weighted by molar-refractivity contribution is 0.101. The zero-order valence-corrected chi connectivity index (χ0v) is 20.1. The maximum absolute atomic E-state index is 13.0. The highest BCUT2D eigenvalue weighted by atomic mass is 32.2. The summed E-state index contributed by atoms with van der Waals surface area (Å²) in [5.74, 6) is 1.42. The number of hydrogen-bond donors (Lipinski definition) is 1. The molecule has 0 radical (unpaired) electrons. The quantitative estimate of drug-likeness (QED) is 0.571. The fraction of sp³-hybridized carbons (Fsp3) is 0.435. The molecule has 0 unspecified atom stereocenters. The van der Waals surface area contributed by atoms with Crippen LogP contribution < -0.4 is 5.32 Å². The second-order valence-corrected chi connectivity index (χ2v) is 10.1. The molecule has 3 aromatic rings. The number of nitrogens with zero attached hydrogens (tertiary/aromatic N) is 5. The van der Waals surface area contributed by atoms with Crippen molar-refractivity contribution in [2.45, 2.75) is 51.0 Å². The van der Waals surface area contributed by atoms with Gasteiger partial charge in [0, 0.05) is 50.6 Å². The number of carbonyl (C=O) groups is 1. The molecule has 1 N–H and O–H groups in total. The summed E-state index contributed by atoms with van der Waals surface area (Å²) < 4.78 is 30.7. The van der Waals surface area contributed by atoms with E-state index < -0.39 is 10.0 Å². The Morgan fingerprint density at radius 1 is 1.12 bits per heavy atom. The van der Waals surface area contributed by atoms with Gasteiger partial charge in [-0.25, -0.2) is 8.42 Å². The van der Waals surface area contributed by atoms with Gasteiger partial charge in [-0.3, -0.25) is 4.79 Å². The van der Waals surface area contributed by atoms with E-state index in [0.717, 1.165) is 43.0 Å². The molecule has 0 saturated carbocycles. The third kappa shape index (κ3) is 4.58. The molecular weight excluding hydrogens is 440 g/mol. The number of carbonyl (C=O) groups excluding carboxylic acids is 1. The van der Waals surface area contributed by atoms with Crippen LogP contribution in [-0.2, 0) is 30.0 Å². The molecule has 3 heterocycles. The molecule has 0 atom stereocenters. The van der Waals surface area contributed by atoms with Crippen LogP contribution in [0.15, 0.2) is 41.4 Å². The lowest BCUT2D eigenvalue weighted by atomic mass is 10.2. The Hall–Kier alpha value is -2.98. The number of amides is 1. The lowest BCUT2D eigenvalue weighted by Gasteiger charge is -2.17. The SMILES string of the molecule is CCN(CC)S(=O)(=O)c1cc(C(=O)Nc2cccc(-c3nnc4n3CCCCC4)c2)n(C)c1. The first-order valence-electron chi connectivity index (χ1n) is 11.4. The summed E-state index contributed by atoms with van der Waals surface area (Å²) in [4.78, 5) is 13.1. The summed E-state index contributed by atoms with van der Waals surface area (Å²) in [5.41, 5.74) is 1.76. The van der Waals surface area contributed by atoms with Crippen LogP contribution in [0.3, 0.4) is 0 Å². The Morgan fingerprint density at radius 3 is 2.67 bits per heavy atom. The minimum absolute atomic E-state index is 0.110. The van der Waals surface area contributed by atoms with E-state index in [0.29, 0.717) is 18.8 Å². The van der Waals surface area contributed by atoms with Crippen molar-refractivity contribution < 1.29 is 13.2 Å². The number of hydrogen-bond acceptors (Lipinski definition) is 5. The monoisotopic (exact) mass is 470 g/mol. The van der Waals surface area contributed by atoms with E-state index in [1.807, 2.05) is 18.2 Å². The zero-order chi connectivity index (χ0) is 23.6. The molecule has 1 amide bonds. The number of benzene rings is 1. The minimum Gasteiger partial charge on any atom is -0.345 e. The van der Waals surface area contributed by atoms with Gasteiger partial charge in [-0.15, -0.1) is 10.2 Å². The molecule has 4 rings (SSSR count). The molecular formula is C23H30N6O3S. The van der Waals surface area contributed by atoms with Gasteiger partial charge in [-0.1, -0.05) is 32.4 Å². The predicted molar refractivity (Wildman–Crippen MR) is 126 cm³/mol. The van der Waals surface area contributed by atoms with Gasteiger partial charge in [-0.2, -0.15) is 4.31 Å². The van der Waals surface area contributed by atoms with Crippen LogP contribution in [0.2, 0.25) is 0 Å². The smallest absolute Gasteiger partial charge is 0.272 e. The van der Waals surface area contributed by atoms with Gasteiger partial charge < -0.3 is 14.5 Å². The fourth-order valence-electron chi connectivity index (χ4n) is 4.24. The Labute approximate surface area is 194 Å². The van der Waals surface area contributed by atoms with E-state index in [1.165, 1.54) is 27.6 Å². The van der Waals surface area contributed by atoms with E-state index in [4.69, 9.17) is 0 Å². The average molecular weight is 471 g/mol. The van der Waals surface area contributed by atoms with Crippen molar-refractivity contribution in [1.29, 1.82) is 0 Å². The fourth-order valence-corrected chi connectivity index (χ4v) is 5.77. The van der Waals surface area contributed by atoms with Crippen molar-refractivity contribution in [3.8, 4) is 11.4 Å². The Morgan fingerprint density at radius 2 is 1.91 bits per heavy atom. The summed E-state index contributed by atoms with van der Waals surface area (Å²) in [6.45, 7) is 5.21. The number of rotatable bonds is 7. The van der Waals surface area contributed by atoms with Crippen molar-refractivity contribution in [1.82, 2.24) is 23.6 Å². The zero-order valence-electron chi connectivity index (χ0n) is 19.3. The molecule has 0 fully saturated rings. The highest BCUT2D eigenvalue weighted by molar-refractivity contribution is 7.89. The third-order valence-corrected chi connectivity index (χ3v) is 8.06. The number of aromatic nitrogens is 4. The summed E-state index contributed by atoms with van der Waals surface area (Å²) in [6.07, 6.45) is 5.80. The van der Waals surface area contributed by atoms with Crippen molar-refractivity contribution in [2.75, 3.05) is 18.4 Å². The Bertz CT molecular complexity index is 1260. The first-order valence-corrected chi connectivity index (χ1v) is 12.8. The third-order valence-electron chi connectivity index (χ3n) is 6.04. The number of nitrogens with one attached hydrogen (secondary N) is 1. The van der Waals surface area contributed by atoms with Crippen molar-refractivity contribution in [2.24, 2.45) is 7.05 Å². The van der Waals surface area contributed by atoms with Crippen LogP contribution in [0.25, 0.3) is 11.4 Å². The molecule has 1 aromatic carbocycles. The Balaban J connectivity index is 1.57. The summed E-state index contributed by atoms with van der Waals surface area (Å²) in [7, 11) is -1.98. The van der Waals surface area contributed by atoms with Gasteiger partial charge >= 0.3 is 0 Å². The first-order chi connectivity index (χ1) is 15.8. The number of sulfonamides is 1. The molecule has 1 aliphatic rings. The lowest BCUT2D eigenvalue weighted by Crippen LogP contribution is -2.30. The second-order valence-electron chi connectivity index (χ2n) is 8.20. The van der Waals surface area contributed by atoms with Gasteiger partial charge in [0.1, 0.15) is 16.4 Å². The maximum Gasteiger partial charge on any atom is 0.272 e. The molecule has 2 aromatic heterocycles. The highest BCUT2D eigenvalue weighted by Gasteiger charge is 2.25. The van der Waals surface area contributed by atoms with Crippen LogP contribution in [0.1, 0.15) is 49.4 Å². The van der Waals surface area contributed by atoms with Crippen molar-refractivity contribution in [3.63, 3.8) is 0 Å². The molecule has 0 bridgehead atoms. The van der Waals surface area contributed by atoms with Crippen LogP contribution in [-0.4, -0.2) is 51.1 Å². The summed E-state index contributed by atoms with van der Waals surface area (Å²) >= 11 is 0. The first kappa shape index (κ1) is 23.2. The summed E-state index contributed by atoms with van der Waals surface area (Å²) in [6, 6.07) is 8.92. The standard InChI is InChI=1S/C23H30N6O3S/c1-4-28(5-2)33(31,32)19-15-20(27(3)16-19)23(30)24-18-11-9-10-17(14-18)22-26-25-21-12-7-6-8-13-29(21)22/h9-11,14-16H,4-8,12-13H2,1-3H3,(H,24,30). The van der Waals surface area contributed by atoms with E-state index in [9.17, 15) is 13.2 Å². The summed E-state index contributed by atoms with van der Waals surface area (Å²) in [5, 5.41) is 11.6. The van der Waals surface area contributed by atoms with Crippen LogP contribution >= 0.6 is 0 Å². The topological polar surface area (TPSA) is 102 Å². The minimum atomic E-state index is -3.64. The molecule has 10 heteroatoms. The van der Waals surface area contributed by atoms with Crippen LogP contribution in [0.4, 0.5) is 5.69 Å². The molecule has 0 saturated heterocycles. The van der Waals surface area contributed by atoms with Gasteiger partial charge in [0.2, 0.25) is 10.0 Å². The van der Waals surface area contributed by atoms with Gasteiger partial charge in [-0.05, 0) is 31.0 Å². The van der Waals surface area contributed by atoms with Crippen LogP contribution in [0, 0.1) is 0 Å². The number of fused-ring (bicyclic) bond motifs is 1. The van der Waals surface area contributed by atoms with Gasteiger partial charge in [0.05, 0.1) is 0 Å². The predicted octanol–water partition coefficient (Wildman–Crippen LogP) is 3.29. The van der Waals surface area contributed by atoms with E-state index in [1.54, 1.807) is 27.0 Å². The molecule has 176 valence electrons. The molecule has 0 aliphatic carbocycles. The normalized spacial score (nSPS) is 14.2. The molecule has 33 heavy (non-hydrogen) atoms. The van der Waals surface area contributed by atoms with Gasteiger partial charge in [0.15, 0.2) is 5.82 Å². The van der Waals surface area contributed by atoms with Gasteiger partial charge in [0.25, 0.3) is 5.91 Å². The van der Waals surface area contributed by atoms with Crippen molar-refractivity contribution >= 4 is 21.6 Å². The largest absolute Gasteiger partial charge is 0.345 e. The highest BCUT2D eigenvalue weighted by Crippen LogP contribution is 2.25. The van der Waals surface area contributed by atoms with Crippen LogP contribution in [0.5, 0.6) is 0 Å². The molecule has 1 aliphatic heterocycles. The molecule has 0 spiro atoms.